The van der Waals surface area contributed by atoms with Gasteiger partial charge in [-0.2, -0.15) is 0 Å². The SMILES string of the molecule is CC(C)c1ccc(C(=O)O)c(O)c1O.CC(C)c1cccc(O)c1O. The first kappa shape index (κ1) is 20.2. The minimum Gasteiger partial charge on any atom is -0.504 e. The van der Waals surface area contributed by atoms with Crippen molar-refractivity contribution in [3.63, 3.8) is 0 Å². The number of benzene rings is 2. The first-order valence-electron chi connectivity index (χ1n) is 7.86. The van der Waals surface area contributed by atoms with Crippen molar-refractivity contribution in [3.05, 3.63) is 47.0 Å². The maximum atomic E-state index is 10.6. The Labute approximate surface area is 146 Å². The van der Waals surface area contributed by atoms with Crippen LogP contribution in [-0.2, 0) is 0 Å². The van der Waals surface area contributed by atoms with E-state index in [-0.39, 0.29) is 34.6 Å². The largest absolute Gasteiger partial charge is 0.504 e. The zero-order valence-electron chi connectivity index (χ0n) is 14.7. The van der Waals surface area contributed by atoms with E-state index < -0.39 is 11.7 Å². The highest BCUT2D eigenvalue weighted by Crippen LogP contribution is 2.36. The van der Waals surface area contributed by atoms with Gasteiger partial charge in [-0.3, -0.25) is 0 Å². The van der Waals surface area contributed by atoms with E-state index >= 15 is 0 Å². The third-order valence-corrected chi connectivity index (χ3v) is 3.70. The Morgan fingerprint density at radius 1 is 0.760 bits per heavy atom. The molecule has 0 saturated carbocycles. The van der Waals surface area contributed by atoms with Crippen LogP contribution in [-0.4, -0.2) is 31.5 Å². The predicted octanol–water partition coefficient (Wildman–Crippen LogP) is 4.14. The topological polar surface area (TPSA) is 118 Å². The van der Waals surface area contributed by atoms with Crippen molar-refractivity contribution in [3.8, 4) is 23.0 Å². The van der Waals surface area contributed by atoms with Crippen LogP contribution < -0.4 is 0 Å². The molecule has 0 aromatic heterocycles. The molecule has 6 heteroatoms. The van der Waals surface area contributed by atoms with E-state index in [9.17, 15) is 20.1 Å². The van der Waals surface area contributed by atoms with Crippen LogP contribution in [0.3, 0.4) is 0 Å². The van der Waals surface area contributed by atoms with Gasteiger partial charge in [0.15, 0.2) is 23.0 Å². The van der Waals surface area contributed by atoms with Gasteiger partial charge in [-0.1, -0.05) is 45.9 Å². The maximum absolute atomic E-state index is 10.6. The summed E-state index contributed by atoms with van der Waals surface area (Å²) in [6.07, 6.45) is 0. The average Bonchev–Trinajstić information content (AvgIpc) is 2.52. The highest BCUT2D eigenvalue weighted by molar-refractivity contribution is 5.92. The highest BCUT2D eigenvalue weighted by atomic mass is 16.4. The molecular formula is C19H24O6. The summed E-state index contributed by atoms with van der Waals surface area (Å²) in [5, 5.41) is 45.9. The molecule has 0 radical (unpaired) electrons. The van der Waals surface area contributed by atoms with Crippen LogP contribution in [0.25, 0.3) is 0 Å². The third kappa shape index (κ3) is 4.79. The van der Waals surface area contributed by atoms with Crippen LogP contribution in [0.2, 0.25) is 0 Å². The van der Waals surface area contributed by atoms with Gasteiger partial charge in [-0.25, -0.2) is 4.79 Å². The molecule has 136 valence electrons. The van der Waals surface area contributed by atoms with Crippen molar-refractivity contribution in [2.24, 2.45) is 0 Å². The van der Waals surface area contributed by atoms with Crippen LogP contribution in [0.4, 0.5) is 0 Å². The van der Waals surface area contributed by atoms with Crippen LogP contribution in [0, 0.1) is 0 Å². The fraction of sp³-hybridized carbons (Fsp3) is 0.316. The van der Waals surface area contributed by atoms with Crippen LogP contribution >= 0.6 is 0 Å². The highest BCUT2D eigenvalue weighted by Gasteiger charge is 2.17. The first-order chi connectivity index (χ1) is 11.6. The second-order valence-electron chi connectivity index (χ2n) is 6.23. The summed E-state index contributed by atoms with van der Waals surface area (Å²) >= 11 is 0. The molecule has 2 aromatic rings. The van der Waals surface area contributed by atoms with Crippen LogP contribution in [0.5, 0.6) is 23.0 Å². The van der Waals surface area contributed by atoms with E-state index in [1.54, 1.807) is 12.1 Å². The standard InChI is InChI=1S/C10H12O4.C9H12O2/c1-5(2)6-3-4-7(10(13)14)9(12)8(6)11;1-6(2)7-4-3-5-8(10)9(7)11/h3-5,11-12H,1-2H3,(H,13,14);3-6,10-11H,1-2H3. The summed E-state index contributed by atoms with van der Waals surface area (Å²) in [6, 6.07) is 7.79. The number of phenols is 4. The van der Waals surface area contributed by atoms with Crippen molar-refractivity contribution < 1.29 is 30.3 Å². The lowest BCUT2D eigenvalue weighted by molar-refractivity contribution is 0.0693. The van der Waals surface area contributed by atoms with Crippen molar-refractivity contribution in [1.29, 1.82) is 0 Å². The summed E-state index contributed by atoms with van der Waals surface area (Å²) in [5.74, 6) is -1.94. The summed E-state index contributed by atoms with van der Waals surface area (Å²) < 4.78 is 0. The Bertz CT molecular complexity index is 750. The molecule has 0 bridgehead atoms. The molecule has 0 unspecified atom stereocenters. The average molecular weight is 348 g/mol. The molecule has 0 spiro atoms. The maximum Gasteiger partial charge on any atom is 0.339 e. The molecule has 0 aliphatic heterocycles. The lowest BCUT2D eigenvalue weighted by Gasteiger charge is -2.10. The summed E-state index contributed by atoms with van der Waals surface area (Å²) in [4.78, 5) is 10.6. The van der Waals surface area contributed by atoms with E-state index in [4.69, 9.17) is 10.2 Å². The Balaban J connectivity index is 0.000000257. The van der Waals surface area contributed by atoms with Crippen molar-refractivity contribution in [2.75, 3.05) is 0 Å². The predicted molar refractivity (Wildman–Crippen MR) is 94.7 cm³/mol. The Morgan fingerprint density at radius 3 is 1.72 bits per heavy atom. The number of carboxylic acids is 1. The number of rotatable bonds is 3. The molecule has 0 saturated heterocycles. The third-order valence-electron chi connectivity index (χ3n) is 3.70. The first-order valence-corrected chi connectivity index (χ1v) is 7.86. The normalized spacial score (nSPS) is 10.5. The lowest BCUT2D eigenvalue weighted by atomic mass is 9.99. The molecule has 5 N–H and O–H groups in total. The van der Waals surface area contributed by atoms with Gasteiger partial charge < -0.3 is 25.5 Å². The number of phenolic OH excluding ortho intramolecular Hbond substituents is 3. The fourth-order valence-corrected chi connectivity index (χ4v) is 2.25. The number of aromatic hydroxyl groups is 4. The van der Waals surface area contributed by atoms with Crippen molar-refractivity contribution in [2.45, 2.75) is 39.5 Å². The zero-order chi connectivity index (χ0) is 19.3. The minimum atomic E-state index is -1.26. The molecule has 2 rings (SSSR count). The minimum absolute atomic E-state index is 0.00231. The van der Waals surface area contributed by atoms with Crippen molar-refractivity contribution in [1.82, 2.24) is 0 Å². The van der Waals surface area contributed by atoms with Gasteiger partial charge in [0.2, 0.25) is 0 Å². The number of aromatic carboxylic acids is 1. The number of hydrogen-bond acceptors (Lipinski definition) is 5. The van der Waals surface area contributed by atoms with Gasteiger partial charge in [-0.05, 0) is 24.0 Å². The molecule has 0 aliphatic rings. The molecule has 2 aromatic carbocycles. The fourth-order valence-electron chi connectivity index (χ4n) is 2.25. The molecule has 25 heavy (non-hydrogen) atoms. The van der Waals surface area contributed by atoms with Crippen LogP contribution in [0.1, 0.15) is 61.0 Å². The van der Waals surface area contributed by atoms with Gasteiger partial charge in [0.05, 0.1) is 0 Å². The second-order valence-corrected chi connectivity index (χ2v) is 6.23. The van der Waals surface area contributed by atoms with Gasteiger partial charge in [0.1, 0.15) is 5.56 Å². The Morgan fingerprint density at radius 2 is 1.28 bits per heavy atom. The quantitative estimate of drug-likeness (QED) is 0.532. The molecule has 0 aliphatic carbocycles. The Hall–Kier alpha value is -2.89. The van der Waals surface area contributed by atoms with E-state index in [1.807, 2.05) is 27.7 Å². The molecule has 0 fully saturated rings. The summed E-state index contributed by atoms with van der Waals surface area (Å²) in [5.41, 5.74) is 1.03. The monoisotopic (exact) mass is 348 g/mol. The van der Waals surface area contributed by atoms with E-state index in [0.717, 1.165) is 5.56 Å². The molecule has 0 heterocycles. The molecule has 0 atom stereocenters. The Kier molecular flexibility index (Phi) is 6.68. The lowest BCUT2D eigenvalue weighted by Crippen LogP contribution is -1.98. The van der Waals surface area contributed by atoms with Crippen molar-refractivity contribution >= 4 is 5.97 Å². The zero-order valence-corrected chi connectivity index (χ0v) is 14.7. The van der Waals surface area contributed by atoms with E-state index in [0.29, 0.717) is 5.56 Å². The smallest absolute Gasteiger partial charge is 0.339 e. The van der Waals surface area contributed by atoms with Gasteiger partial charge in [-0.15, -0.1) is 0 Å². The van der Waals surface area contributed by atoms with E-state index in [1.165, 1.54) is 18.2 Å². The van der Waals surface area contributed by atoms with E-state index in [2.05, 4.69) is 0 Å². The number of carbonyl (C=O) groups is 1. The van der Waals surface area contributed by atoms with Gasteiger partial charge in [0, 0.05) is 11.1 Å². The summed E-state index contributed by atoms with van der Waals surface area (Å²) in [7, 11) is 0. The van der Waals surface area contributed by atoms with Gasteiger partial charge >= 0.3 is 5.97 Å². The van der Waals surface area contributed by atoms with Gasteiger partial charge in [0.25, 0.3) is 0 Å². The number of carboxylic acid groups (broad SMARTS) is 1. The number of hydrogen-bond donors (Lipinski definition) is 5. The number of para-hydroxylation sites is 1. The second kappa shape index (κ2) is 8.28. The summed E-state index contributed by atoms with van der Waals surface area (Å²) in [6.45, 7) is 7.62. The molecular weight excluding hydrogens is 324 g/mol. The molecule has 6 nitrogen and oxygen atoms in total. The molecule has 0 amide bonds. The van der Waals surface area contributed by atoms with Crippen LogP contribution in [0.15, 0.2) is 30.3 Å².